The van der Waals surface area contributed by atoms with Crippen molar-refractivity contribution in [1.29, 1.82) is 5.41 Å². The van der Waals surface area contributed by atoms with Crippen LogP contribution < -0.4 is 5.73 Å². The molecule has 76 valence electrons. The Bertz CT molecular complexity index is 500. The molecule has 0 aliphatic rings. The molecule has 0 aromatic carbocycles. The number of pyridine rings is 1. The molecule has 0 bridgehead atoms. The third kappa shape index (κ3) is 1.71. The fourth-order valence-corrected chi connectivity index (χ4v) is 1.34. The van der Waals surface area contributed by atoms with Gasteiger partial charge < -0.3 is 5.73 Å². The van der Waals surface area contributed by atoms with Gasteiger partial charge >= 0.3 is 0 Å². The highest BCUT2D eigenvalue weighted by molar-refractivity contribution is 5.95. The fourth-order valence-electron chi connectivity index (χ4n) is 1.34. The van der Waals surface area contributed by atoms with E-state index in [0.29, 0.717) is 5.56 Å². The van der Waals surface area contributed by atoms with Crippen molar-refractivity contribution >= 4 is 5.84 Å². The number of aryl methyl sites for hydroxylation is 1. The minimum atomic E-state index is 0.0384. The van der Waals surface area contributed by atoms with Crippen LogP contribution in [0.3, 0.4) is 0 Å². The van der Waals surface area contributed by atoms with Gasteiger partial charge in [-0.05, 0) is 19.1 Å². The lowest BCUT2D eigenvalue weighted by Gasteiger charge is -2.05. The molecule has 2 rings (SSSR count). The van der Waals surface area contributed by atoms with Gasteiger partial charge in [-0.25, -0.2) is 9.97 Å². The largest absolute Gasteiger partial charge is 0.384 e. The molecule has 5 nitrogen and oxygen atoms in total. The van der Waals surface area contributed by atoms with E-state index >= 15 is 0 Å². The minimum Gasteiger partial charge on any atom is -0.384 e. The lowest BCUT2D eigenvalue weighted by atomic mass is 10.2. The minimum absolute atomic E-state index is 0.0384. The van der Waals surface area contributed by atoms with Gasteiger partial charge in [0.15, 0.2) is 0 Å². The van der Waals surface area contributed by atoms with Crippen molar-refractivity contribution in [2.45, 2.75) is 6.92 Å². The van der Waals surface area contributed by atoms with Gasteiger partial charge in [0.25, 0.3) is 0 Å². The number of nitrogen functional groups attached to an aromatic ring is 1. The maximum absolute atomic E-state index is 7.34. The Labute approximate surface area is 87.1 Å². The average Bonchev–Trinajstić information content (AvgIpc) is 2.64. The van der Waals surface area contributed by atoms with Crippen LogP contribution in [0.1, 0.15) is 11.4 Å². The zero-order valence-electron chi connectivity index (χ0n) is 8.31. The average molecular weight is 201 g/mol. The smallest absolute Gasteiger partial charge is 0.138 e. The molecule has 0 spiro atoms. The molecule has 2 aromatic rings. The van der Waals surface area contributed by atoms with Crippen molar-refractivity contribution < 1.29 is 0 Å². The summed E-state index contributed by atoms with van der Waals surface area (Å²) in [6.45, 7) is 1.89. The molecular formula is C10H11N5. The first-order chi connectivity index (χ1) is 7.18. The van der Waals surface area contributed by atoms with Gasteiger partial charge in [-0.2, -0.15) is 0 Å². The zero-order valence-corrected chi connectivity index (χ0v) is 8.31. The van der Waals surface area contributed by atoms with E-state index in [-0.39, 0.29) is 5.84 Å². The molecule has 0 radical (unpaired) electrons. The lowest BCUT2D eigenvalue weighted by Crippen LogP contribution is -2.12. The molecule has 0 aliphatic heterocycles. The summed E-state index contributed by atoms with van der Waals surface area (Å²) in [5.74, 6) is 1.61. The molecule has 5 heteroatoms. The fraction of sp³-hybridized carbons (Fsp3) is 0.100. The van der Waals surface area contributed by atoms with E-state index in [1.165, 1.54) is 0 Å². The van der Waals surface area contributed by atoms with Crippen molar-refractivity contribution in [3.05, 3.63) is 42.1 Å². The maximum atomic E-state index is 7.34. The van der Waals surface area contributed by atoms with Crippen molar-refractivity contribution in [2.75, 3.05) is 0 Å². The normalized spacial score (nSPS) is 10.2. The molecule has 0 unspecified atom stereocenters. The van der Waals surface area contributed by atoms with Crippen LogP contribution in [-0.2, 0) is 0 Å². The van der Waals surface area contributed by atoms with E-state index in [1.54, 1.807) is 24.5 Å². The van der Waals surface area contributed by atoms with Gasteiger partial charge in [0, 0.05) is 24.2 Å². The van der Waals surface area contributed by atoms with Crippen LogP contribution in [-0.4, -0.2) is 20.4 Å². The molecule has 0 saturated carbocycles. The number of nitrogens with zero attached hydrogens (tertiary/aromatic N) is 3. The highest BCUT2D eigenvalue weighted by atomic mass is 15.1. The number of hydrogen-bond acceptors (Lipinski definition) is 3. The Morgan fingerprint density at radius 2 is 2.20 bits per heavy atom. The van der Waals surface area contributed by atoms with Crippen LogP contribution in [0.2, 0.25) is 0 Å². The van der Waals surface area contributed by atoms with Crippen LogP contribution in [0, 0.1) is 12.3 Å². The Morgan fingerprint density at radius 1 is 1.40 bits per heavy atom. The predicted octanol–water partition coefficient (Wildman–Crippen LogP) is 0.860. The standard InChI is InChI=1S/C10H11N5/c1-7-13-4-5-15(7)9-6-8(10(11)12)2-3-14-9/h2-6H,1H3,(H3,11,12). The van der Waals surface area contributed by atoms with Gasteiger partial charge in [0.05, 0.1) is 0 Å². The summed E-state index contributed by atoms with van der Waals surface area (Å²) in [5, 5.41) is 7.34. The lowest BCUT2D eigenvalue weighted by molar-refractivity contribution is 0.932. The summed E-state index contributed by atoms with van der Waals surface area (Å²) in [5.41, 5.74) is 6.06. The topological polar surface area (TPSA) is 80.6 Å². The summed E-state index contributed by atoms with van der Waals surface area (Å²) >= 11 is 0. The molecule has 0 amide bonds. The van der Waals surface area contributed by atoms with Crippen LogP contribution in [0.4, 0.5) is 0 Å². The highest BCUT2D eigenvalue weighted by Crippen LogP contribution is 2.08. The van der Waals surface area contributed by atoms with Gasteiger partial charge in [0.2, 0.25) is 0 Å². The monoisotopic (exact) mass is 201 g/mol. The Balaban J connectivity index is 2.50. The zero-order chi connectivity index (χ0) is 10.8. The molecule has 0 aliphatic carbocycles. The summed E-state index contributed by atoms with van der Waals surface area (Å²) in [4.78, 5) is 8.30. The van der Waals surface area contributed by atoms with Crippen LogP contribution in [0.15, 0.2) is 30.7 Å². The Morgan fingerprint density at radius 3 is 2.80 bits per heavy atom. The van der Waals surface area contributed by atoms with Crippen molar-refractivity contribution in [2.24, 2.45) is 5.73 Å². The van der Waals surface area contributed by atoms with Crippen molar-refractivity contribution in [1.82, 2.24) is 14.5 Å². The van der Waals surface area contributed by atoms with Crippen molar-refractivity contribution in [3.8, 4) is 5.82 Å². The summed E-state index contributed by atoms with van der Waals surface area (Å²) in [7, 11) is 0. The van der Waals surface area contributed by atoms with Gasteiger partial charge in [-0.3, -0.25) is 9.98 Å². The third-order valence-corrected chi connectivity index (χ3v) is 2.13. The Kier molecular flexibility index (Phi) is 2.21. The van der Waals surface area contributed by atoms with Gasteiger partial charge in [0.1, 0.15) is 17.5 Å². The van der Waals surface area contributed by atoms with Gasteiger partial charge in [-0.1, -0.05) is 0 Å². The van der Waals surface area contributed by atoms with E-state index in [4.69, 9.17) is 11.1 Å². The highest BCUT2D eigenvalue weighted by Gasteiger charge is 2.03. The number of hydrogen-bond donors (Lipinski definition) is 2. The second-order valence-electron chi connectivity index (χ2n) is 3.16. The van der Waals surface area contributed by atoms with E-state index in [2.05, 4.69) is 9.97 Å². The van der Waals surface area contributed by atoms with Crippen molar-refractivity contribution in [3.63, 3.8) is 0 Å². The summed E-state index contributed by atoms with van der Waals surface area (Å²) in [6, 6.07) is 3.47. The van der Waals surface area contributed by atoms with Gasteiger partial charge in [-0.15, -0.1) is 0 Å². The Hall–Kier alpha value is -2.17. The van der Waals surface area contributed by atoms with E-state index in [1.807, 2.05) is 17.7 Å². The molecule has 0 fully saturated rings. The molecule has 2 aromatic heterocycles. The molecule has 0 atom stereocenters. The number of nitrogens with one attached hydrogen (secondary N) is 1. The van der Waals surface area contributed by atoms with E-state index < -0.39 is 0 Å². The second kappa shape index (κ2) is 3.53. The van der Waals surface area contributed by atoms with E-state index in [9.17, 15) is 0 Å². The molecular weight excluding hydrogens is 190 g/mol. The molecule has 0 saturated heterocycles. The van der Waals surface area contributed by atoms with E-state index in [0.717, 1.165) is 11.6 Å². The first-order valence-electron chi connectivity index (χ1n) is 4.49. The first kappa shape index (κ1) is 9.39. The summed E-state index contributed by atoms with van der Waals surface area (Å²) < 4.78 is 1.84. The van der Waals surface area contributed by atoms with Crippen LogP contribution in [0.5, 0.6) is 0 Å². The second-order valence-corrected chi connectivity index (χ2v) is 3.16. The molecule has 15 heavy (non-hydrogen) atoms. The first-order valence-corrected chi connectivity index (χ1v) is 4.49. The SMILES string of the molecule is Cc1nccn1-c1cc(C(=N)N)ccn1. The number of imidazole rings is 1. The number of amidine groups is 1. The summed E-state index contributed by atoms with van der Waals surface area (Å²) in [6.07, 6.45) is 5.16. The van der Waals surface area contributed by atoms with Crippen LogP contribution >= 0.6 is 0 Å². The molecule has 3 N–H and O–H groups in total. The number of nitrogens with two attached hydrogens (primary N) is 1. The number of rotatable bonds is 2. The number of aromatic nitrogens is 3. The quantitative estimate of drug-likeness (QED) is 0.558. The predicted molar refractivity (Wildman–Crippen MR) is 57.1 cm³/mol. The molecule has 2 heterocycles. The third-order valence-electron chi connectivity index (χ3n) is 2.13. The van der Waals surface area contributed by atoms with Crippen LogP contribution in [0.25, 0.3) is 5.82 Å². The maximum Gasteiger partial charge on any atom is 0.138 e.